The zero-order valence-corrected chi connectivity index (χ0v) is 9.63. The Morgan fingerprint density at radius 3 is 1.55 bits per heavy atom. The molecule has 0 radical (unpaired) electrons. The number of nitrogens with one attached hydrogen (secondary N) is 2. The molecule has 0 saturated heterocycles. The third-order valence-corrected chi connectivity index (χ3v) is 2.39. The third kappa shape index (κ3) is 10.6. The Hall–Kier alpha value is 0.634. The van der Waals surface area contributed by atoms with Crippen LogP contribution in [0.25, 0.3) is 0 Å². The average Bonchev–Trinajstić information content (AvgIpc) is 1.85. The van der Waals surface area contributed by atoms with Crippen molar-refractivity contribution in [3.8, 4) is 0 Å². The molecule has 66 valence electrons. The summed E-state index contributed by atoms with van der Waals surface area (Å²) in [5.74, 6) is 1.55. The van der Waals surface area contributed by atoms with Crippen molar-refractivity contribution in [2.24, 2.45) is 11.8 Å². The molecule has 2 nitrogen and oxygen atoms in total. The topological polar surface area (TPSA) is 24.1 Å². The van der Waals surface area contributed by atoms with Gasteiger partial charge in [-0.2, -0.15) is 0 Å². The Kier molecular flexibility index (Phi) is 7.71. The molecule has 0 aromatic heterocycles. The van der Waals surface area contributed by atoms with Gasteiger partial charge in [-0.05, 0) is 0 Å². The van der Waals surface area contributed by atoms with Gasteiger partial charge in [0.05, 0.1) is 0 Å². The van der Waals surface area contributed by atoms with E-state index in [9.17, 15) is 0 Å². The Bertz CT molecular complexity index is 74.2. The molecule has 0 bridgehead atoms. The van der Waals surface area contributed by atoms with Crippen molar-refractivity contribution in [1.82, 2.24) is 7.60 Å². The van der Waals surface area contributed by atoms with Gasteiger partial charge in [-0.1, -0.05) is 0 Å². The van der Waals surface area contributed by atoms with Gasteiger partial charge in [0.15, 0.2) is 0 Å². The molecule has 0 aromatic carbocycles. The van der Waals surface area contributed by atoms with E-state index in [0.29, 0.717) is 0 Å². The van der Waals surface area contributed by atoms with Crippen molar-refractivity contribution in [2.75, 3.05) is 13.1 Å². The molecule has 0 aliphatic carbocycles. The van der Waals surface area contributed by atoms with E-state index in [1.807, 2.05) is 0 Å². The summed E-state index contributed by atoms with van der Waals surface area (Å²) in [6, 6.07) is 0. The van der Waals surface area contributed by atoms with Crippen molar-refractivity contribution in [1.29, 1.82) is 0 Å². The van der Waals surface area contributed by atoms with E-state index in [0.717, 1.165) is 24.9 Å². The summed E-state index contributed by atoms with van der Waals surface area (Å²) in [6.07, 6.45) is 0. The average molecular weight is 192 g/mol. The molecule has 0 heterocycles. The summed E-state index contributed by atoms with van der Waals surface area (Å²) in [7, 11) is 0. The van der Waals surface area contributed by atoms with Crippen LogP contribution in [0, 0.1) is 11.8 Å². The molecule has 3 heteroatoms. The molecule has 0 rings (SSSR count). The minimum absolute atomic E-state index is 0.0628. The predicted octanol–water partition coefficient (Wildman–Crippen LogP) is 1.39. The molecular formula is C8H20N2Ti. The first kappa shape index (κ1) is 11.6. The molecule has 0 spiro atoms. The van der Waals surface area contributed by atoms with Crippen LogP contribution in [-0.4, -0.2) is 13.1 Å². The molecule has 0 aromatic rings. The van der Waals surface area contributed by atoms with Gasteiger partial charge in [-0.3, -0.25) is 0 Å². The van der Waals surface area contributed by atoms with Crippen LogP contribution in [0.15, 0.2) is 0 Å². The fraction of sp³-hybridized carbons (Fsp3) is 1.00. The van der Waals surface area contributed by atoms with Crippen molar-refractivity contribution in [2.45, 2.75) is 27.7 Å². The van der Waals surface area contributed by atoms with Crippen molar-refractivity contribution >= 4 is 0 Å². The van der Waals surface area contributed by atoms with Gasteiger partial charge in [0.1, 0.15) is 0 Å². The van der Waals surface area contributed by atoms with Crippen LogP contribution in [0.5, 0.6) is 0 Å². The standard InChI is InChI=1S/2C4H10N.Ti/c2*1-4(2)3-5;/h2*4-5H,3H2,1-2H3;/q2*-1;+2. The second-order valence-electron chi connectivity index (χ2n) is 3.67. The first-order valence-electron chi connectivity index (χ1n) is 4.33. The van der Waals surface area contributed by atoms with Gasteiger partial charge < -0.3 is 0 Å². The second-order valence-corrected chi connectivity index (χ2v) is 5.17. The van der Waals surface area contributed by atoms with Crippen LogP contribution in [0.3, 0.4) is 0 Å². The zero-order valence-electron chi connectivity index (χ0n) is 8.07. The van der Waals surface area contributed by atoms with Gasteiger partial charge in [0, 0.05) is 0 Å². The van der Waals surface area contributed by atoms with Crippen LogP contribution < -0.4 is 7.60 Å². The van der Waals surface area contributed by atoms with E-state index in [1.54, 1.807) is 0 Å². The van der Waals surface area contributed by atoms with E-state index in [-0.39, 0.29) is 19.7 Å². The van der Waals surface area contributed by atoms with E-state index < -0.39 is 0 Å². The molecule has 0 fully saturated rings. The molecule has 0 unspecified atom stereocenters. The summed E-state index contributed by atoms with van der Waals surface area (Å²) in [5, 5.41) is 0. The summed E-state index contributed by atoms with van der Waals surface area (Å²) in [5.41, 5.74) is 0. The number of hydrogen-bond donors (Lipinski definition) is 2. The maximum atomic E-state index is 3.45. The van der Waals surface area contributed by atoms with Gasteiger partial charge in [-0.15, -0.1) is 0 Å². The molecule has 0 aliphatic rings. The van der Waals surface area contributed by atoms with Crippen LogP contribution in [0.4, 0.5) is 0 Å². The van der Waals surface area contributed by atoms with Gasteiger partial charge in [-0.25, -0.2) is 0 Å². The van der Waals surface area contributed by atoms with Crippen LogP contribution in [0.2, 0.25) is 0 Å². The monoisotopic (exact) mass is 192 g/mol. The summed E-state index contributed by atoms with van der Waals surface area (Å²) in [6.45, 7) is 11.3. The van der Waals surface area contributed by atoms with Crippen molar-refractivity contribution in [3.05, 3.63) is 0 Å². The number of hydrogen-bond acceptors (Lipinski definition) is 2. The van der Waals surface area contributed by atoms with Gasteiger partial charge in [0.2, 0.25) is 0 Å². The fourth-order valence-electron chi connectivity index (χ4n) is 0.573. The molecule has 2 N–H and O–H groups in total. The molecule has 0 amide bonds. The SMILES string of the molecule is CC(C)C[NH][Ti][NH]CC(C)C. The molecule has 0 atom stereocenters. The Labute approximate surface area is 80.1 Å². The van der Waals surface area contributed by atoms with Gasteiger partial charge in [0.25, 0.3) is 0 Å². The normalized spacial score (nSPS) is 11.1. The summed E-state index contributed by atoms with van der Waals surface area (Å²) < 4.78 is 6.91. The van der Waals surface area contributed by atoms with Crippen molar-refractivity contribution in [3.63, 3.8) is 0 Å². The predicted molar refractivity (Wildman–Crippen MR) is 45.7 cm³/mol. The zero-order chi connectivity index (χ0) is 8.69. The van der Waals surface area contributed by atoms with Crippen LogP contribution in [0.1, 0.15) is 27.7 Å². The van der Waals surface area contributed by atoms with E-state index in [2.05, 4.69) is 35.3 Å². The minimum atomic E-state index is -0.0628. The van der Waals surface area contributed by atoms with Crippen LogP contribution in [-0.2, 0) is 19.7 Å². The van der Waals surface area contributed by atoms with E-state index in [1.165, 1.54) is 0 Å². The molecule has 0 aliphatic heterocycles. The quantitative estimate of drug-likeness (QED) is 0.491. The van der Waals surface area contributed by atoms with Gasteiger partial charge >= 0.3 is 79.9 Å². The summed E-state index contributed by atoms with van der Waals surface area (Å²) >= 11 is -0.0628. The second kappa shape index (κ2) is 7.29. The Balaban J connectivity index is 2.91. The maximum absolute atomic E-state index is 3.45. The number of rotatable bonds is 6. The van der Waals surface area contributed by atoms with Crippen LogP contribution >= 0.6 is 0 Å². The molecule has 0 saturated carbocycles. The summed E-state index contributed by atoms with van der Waals surface area (Å²) in [4.78, 5) is 0. The van der Waals surface area contributed by atoms with E-state index in [4.69, 9.17) is 0 Å². The Morgan fingerprint density at radius 2 is 1.27 bits per heavy atom. The van der Waals surface area contributed by atoms with Crippen molar-refractivity contribution < 1.29 is 19.7 Å². The molecule has 11 heavy (non-hydrogen) atoms. The Morgan fingerprint density at radius 1 is 0.909 bits per heavy atom. The fourth-order valence-corrected chi connectivity index (χ4v) is 2.36. The van der Waals surface area contributed by atoms with E-state index >= 15 is 0 Å². The first-order valence-corrected chi connectivity index (χ1v) is 5.89. The first-order chi connectivity index (χ1) is 5.13. The molecular weight excluding hydrogens is 172 g/mol. The third-order valence-electron chi connectivity index (χ3n) is 1.20.